The van der Waals surface area contributed by atoms with Crippen LogP contribution in [0.25, 0.3) is 4.96 Å². The molecule has 0 atom stereocenters. The first-order valence-corrected chi connectivity index (χ1v) is 6.32. The number of hydrogen-bond acceptors (Lipinski definition) is 5. The van der Waals surface area contributed by atoms with E-state index in [4.69, 9.17) is 0 Å². The molecule has 0 saturated carbocycles. The summed E-state index contributed by atoms with van der Waals surface area (Å²) < 4.78 is 6.06. The van der Waals surface area contributed by atoms with Crippen LogP contribution >= 0.6 is 11.3 Å². The summed E-state index contributed by atoms with van der Waals surface area (Å²) >= 11 is 1.38. The predicted molar refractivity (Wildman–Crippen MR) is 69.4 cm³/mol. The Bertz CT molecular complexity index is 664. The Morgan fingerprint density at radius 2 is 2.11 bits per heavy atom. The van der Waals surface area contributed by atoms with Crippen molar-refractivity contribution < 1.29 is 9.53 Å². The largest absolute Gasteiger partial charge is 0.465 e. The van der Waals surface area contributed by atoms with Gasteiger partial charge in [0.15, 0.2) is 4.96 Å². The van der Waals surface area contributed by atoms with Gasteiger partial charge < -0.3 is 4.74 Å². The molecule has 0 aliphatic heterocycles. The third-order valence-corrected chi connectivity index (χ3v) is 3.46. The number of rotatable bonds is 1. The normalized spacial score (nSPS) is 11.8. The van der Waals surface area contributed by atoms with E-state index in [-0.39, 0.29) is 16.5 Å². The number of hydrogen-bond donors (Lipinski definition) is 0. The molecule has 0 spiro atoms. The summed E-state index contributed by atoms with van der Waals surface area (Å²) in [7, 11) is 1.24. The van der Waals surface area contributed by atoms with Gasteiger partial charge in [-0.15, -0.1) is 11.3 Å². The molecular weight excluding hydrogens is 252 g/mol. The monoisotopic (exact) mass is 266 g/mol. The Hall–Kier alpha value is -1.69. The molecule has 0 N–H and O–H groups in total. The van der Waals surface area contributed by atoms with Crippen molar-refractivity contribution in [3.8, 4) is 0 Å². The molecule has 5 nitrogen and oxygen atoms in total. The highest BCUT2D eigenvalue weighted by molar-refractivity contribution is 7.15. The summed E-state index contributed by atoms with van der Waals surface area (Å²) in [6, 6.07) is 0. The van der Waals surface area contributed by atoms with Crippen molar-refractivity contribution in [1.29, 1.82) is 0 Å². The van der Waals surface area contributed by atoms with Gasteiger partial charge in [0.25, 0.3) is 5.56 Å². The Morgan fingerprint density at radius 1 is 1.44 bits per heavy atom. The number of ether oxygens (including phenoxy) is 1. The molecule has 0 amide bonds. The van der Waals surface area contributed by atoms with Crippen molar-refractivity contribution in [2.24, 2.45) is 0 Å². The summed E-state index contributed by atoms with van der Waals surface area (Å²) in [6.07, 6.45) is 1.27. The molecule has 2 rings (SSSR count). The van der Waals surface area contributed by atoms with E-state index in [9.17, 15) is 9.59 Å². The predicted octanol–water partition coefficient (Wildman–Crippen LogP) is 1.84. The highest BCUT2D eigenvalue weighted by atomic mass is 32.1. The number of fused-ring (bicyclic) bond motifs is 1. The fourth-order valence-corrected chi connectivity index (χ4v) is 2.74. The van der Waals surface area contributed by atoms with Crippen molar-refractivity contribution >= 4 is 22.3 Å². The van der Waals surface area contributed by atoms with E-state index in [1.165, 1.54) is 29.0 Å². The minimum atomic E-state index is -0.659. The number of aromatic nitrogens is 2. The van der Waals surface area contributed by atoms with Crippen molar-refractivity contribution in [2.45, 2.75) is 26.2 Å². The molecule has 2 aromatic heterocycles. The molecule has 0 fully saturated rings. The van der Waals surface area contributed by atoms with Crippen LogP contribution in [0.4, 0.5) is 0 Å². The number of carbonyl (C=O) groups excluding carboxylic acids is 1. The van der Waals surface area contributed by atoms with Gasteiger partial charge in [-0.25, -0.2) is 9.78 Å². The number of nitrogens with zero attached hydrogens (tertiary/aromatic N) is 2. The Morgan fingerprint density at radius 3 is 2.67 bits per heavy atom. The van der Waals surface area contributed by atoms with Gasteiger partial charge in [0.2, 0.25) is 0 Å². The summed E-state index contributed by atoms with van der Waals surface area (Å²) in [4.78, 5) is 28.5. The van der Waals surface area contributed by atoms with Crippen LogP contribution in [0, 0.1) is 0 Å². The third kappa shape index (κ3) is 1.92. The van der Waals surface area contributed by atoms with Crippen molar-refractivity contribution in [2.75, 3.05) is 7.11 Å². The number of thiazole rings is 1. The lowest BCUT2D eigenvalue weighted by Gasteiger charge is -2.17. The Labute approximate surface area is 108 Å². The quantitative estimate of drug-likeness (QED) is 0.739. The van der Waals surface area contributed by atoms with Crippen LogP contribution in [-0.2, 0) is 10.2 Å². The van der Waals surface area contributed by atoms with E-state index in [0.717, 1.165) is 5.69 Å². The van der Waals surface area contributed by atoms with Crippen LogP contribution in [0.2, 0.25) is 0 Å². The maximum Gasteiger partial charge on any atom is 0.345 e. The lowest BCUT2D eigenvalue weighted by molar-refractivity contribution is 0.0598. The average molecular weight is 266 g/mol. The summed E-state index contributed by atoms with van der Waals surface area (Å²) in [5.74, 6) is -0.659. The Kier molecular flexibility index (Phi) is 2.98. The second-order valence-corrected chi connectivity index (χ2v) is 5.79. The van der Waals surface area contributed by atoms with Gasteiger partial charge in [-0.3, -0.25) is 9.20 Å². The van der Waals surface area contributed by atoms with E-state index in [2.05, 4.69) is 9.72 Å². The lowest BCUT2D eigenvalue weighted by atomic mass is 9.93. The molecule has 0 unspecified atom stereocenters. The summed E-state index contributed by atoms with van der Waals surface area (Å²) in [5, 5.41) is 1.89. The van der Waals surface area contributed by atoms with Gasteiger partial charge in [0.1, 0.15) is 5.56 Å². The first kappa shape index (κ1) is 12.8. The maximum absolute atomic E-state index is 12.3. The minimum Gasteiger partial charge on any atom is -0.465 e. The van der Waals surface area contributed by atoms with E-state index >= 15 is 0 Å². The SMILES string of the molecule is COC(=O)c1cnc2scc(C(C)(C)C)n2c1=O. The molecule has 6 heteroatoms. The van der Waals surface area contributed by atoms with Crippen LogP contribution in [-0.4, -0.2) is 22.5 Å². The highest BCUT2D eigenvalue weighted by Gasteiger charge is 2.22. The van der Waals surface area contributed by atoms with Crippen LogP contribution in [0.15, 0.2) is 16.4 Å². The fraction of sp³-hybridized carbons (Fsp3) is 0.417. The zero-order valence-corrected chi connectivity index (χ0v) is 11.5. The molecule has 0 bridgehead atoms. The average Bonchev–Trinajstić information content (AvgIpc) is 2.73. The third-order valence-electron chi connectivity index (χ3n) is 2.62. The van der Waals surface area contributed by atoms with E-state index in [0.29, 0.717) is 4.96 Å². The maximum atomic E-state index is 12.3. The standard InChI is InChI=1S/C12H14N2O3S/c1-12(2,3)8-6-18-11-13-5-7(10(16)17-4)9(15)14(8)11/h5-6H,1-4H3. The van der Waals surface area contributed by atoms with Gasteiger partial charge in [0, 0.05) is 16.5 Å². The molecular formula is C12H14N2O3S. The number of esters is 1. The molecule has 0 aliphatic rings. The van der Waals surface area contributed by atoms with Crippen molar-refractivity contribution in [3.05, 3.63) is 33.2 Å². The van der Waals surface area contributed by atoms with E-state index in [1.807, 2.05) is 26.2 Å². The molecule has 0 aliphatic carbocycles. The fourth-order valence-electron chi connectivity index (χ4n) is 1.66. The zero-order valence-electron chi connectivity index (χ0n) is 10.7. The van der Waals surface area contributed by atoms with Crippen molar-refractivity contribution in [1.82, 2.24) is 9.38 Å². The second-order valence-electron chi connectivity index (χ2n) is 4.96. The van der Waals surface area contributed by atoms with Crippen LogP contribution < -0.4 is 5.56 Å². The van der Waals surface area contributed by atoms with Crippen LogP contribution in [0.1, 0.15) is 36.8 Å². The zero-order chi connectivity index (χ0) is 13.5. The highest BCUT2D eigenvalue weighted by Crippen LogP contribution is 2.25. The molecule has 0 radical (unpaired) electrons. The number of carbonyl (C=O) groups is 1. The molecule has 0 aromatic carbocycles. The number of methoxy groups -OCH3 is 1. The first-order valence-electron chi connectivity index (χ1n) is 5.44. The van der Waals surface area contributed by atoms with Gasteiger partial charge in [-0.2, -0.15) is 0 Å². The molecule has 96 valence electrons. The molecule has 2 heterocycles. The topological polar surface area (TPSA) is 60.7 Å². The van der Waals surface area contributed by atoms with E-state index < -0.39 is 5.97 Å². The smallest absolute Gasteiger partial charge is 0.345 e. The summed E-state index contributed by atoms with van der Waals surface area (Å²) in [6.45, 7) is 6.02. The lowest BCUT2D eigenvalue weighted by Crippen LogP contribution is -2.27. The van der Waals surface area contributed by atoms with Crippen LogP contribution in [0.3, 0.4) is 0 Å². The molecule has 18 heavy (non-hydrogen) atoms. The van der Waals surface area contributed by atoms with Crippen LogP contribution in [0.5, 0.6) is 0 Å². The molecule has 2 aromatic rings. The van der Waals surface area contributed by atoms with E-state index in [1.54, 1.807) is 0 Å². The van der Waals surface area contributed by atoms with Gasteiger partial charge >= 0.3 is 5.97 Å². The summed E-state index contributed by atoms with van der Waals surface area (Å²) in [5.41, 5.74) is 0.223. The Balaban J connectivity index is 2.81. The molecule has 0 saturated heterocycles. The van der Waals surface area contributed by atoms with Gasteiger partial charge in [-0.1, -0.05) is 20.8 Å². The van der Waals surface area contributed by atoms with Gasteiger partial charge in [-0.05, 0) is 0 Å². The first-order chi connectivity index (χ1) is 8.36. The van der Waals surface area contributed by atoms with Gasteiger partial charge in [0.05, 0.1) is 13.3 Å². The van der Waals surface area contributed by atoms with Crippen molar-refractivity contribution in [3.63, 3.8) is 0 Å². The minimum absolute atomic E-state index is 0.0427. The second kappa shape index (κ2) is 4.20.